The minimum absolute atomic E-state index is 0.0639. The molecule has 0 bridgehead atoms. The van der Waals surface area contributed by atoms with Crippen LogP contribution in [0.5, 0.6) is 5.75 Å². The van der Waals surface area contributed by atoms with Crippen molar-refractivity contribution in [1.29, 1.82) is 0 Å². The summed E-state index contributed by atoms with van der Waals surface area (Å²) in [4.78, 5) is 14.3. The molecule has 0 radical (unpaired) electrons. The number of nitrogens with zero attached hydrogens (tertiary/aromatic N) is 1. The molecule has 0 spiro atoms. The van der Waals surface area contributed by atoms with Crippen LogP contribution >= 0.6 is 24.0 Å². The molecule has 1 amide bonds. The van der Waals surface area contributed by atoms with Crippen LogP contribution in [-0.2, 0) is 4.79 Å². The fourth-order valence-electron chi connectivity index (χ4n) is 2.03. The third-order valence-electron chi connectivity index (χ3n) is 3.05. The summed E-state index contributed by atoms with van der Waals surface area (Å²) in [5.74, 6) is -0.525. The summed E-state index contributed by atoms with van der Waals surface area (Å²) < 4.78 is 13.3. The van der Waals surface area contributed by atoms with Crippen molar-refractivity contribution in [2.45, 2.75) is 0 Å². The van der Waals surface area contributed by atoms with E-state index in [4.69, 9.17) is 12.2 Å². The van der Waals surface area contributed by atoms with Crippen LogP contribution in [0.4, 0.5) is 10.1 Å². The summed E-state index contributed by atoms with van der Waals surface area (Å²) in [6, 6.07) is 12.2. The Bertz CT molecular complexity index is 787. The van der Waals surface area contributed by atoms with Gasteiger partial charge in [0.15, 0.2) is 4.32 Å². The number of benzene rings is 2. The molecule has 1 N–H and O–H groups in total. The largest absolute Gasteiger partial charge is 0.508 e. The van der Waals surface area contributed by atoms with E-state index < -0.39 is 0 Å². The van der Waals surface area contributed by atoms with Crippen LogP contribution in [0.1, 0.15) is 5.56 Å². The molecule has 1 aliphatic rings. The maximum atomic E-state index is 12.9. The second kappa shape index (κ2) is 5.90. The highest BCUT2D eigenvalue weighted by atomic mass is 32.2. The maximum Gasteiger partial charge on any atom is 0.270 e. The molecule has 0 aliphatic carbocycles. The van der Waals surface area contributed by atoms with Crippen LogP contribution in [0.3, 0.4) is 0 Å². The standard InChI is InChI=1S/C16H10FNO2S2/c17-11-6-4-10(5-7-11)8-14-15(20)18(16(21)22-14)12-2-1-3-13(19)9-12/h1-9,19H/b14-8+. The van der Waals surface area contributed by atoms with Gasteiger partial charge in [-0.25, -0.2) is 4.39 Å². The number of halogens is 1. The number of rotatable bonds is 2. The van der Waals surface area contributed by atoms with E-state index in [0.29, 0.717) is 14.9 Å². The molecule has 0 unspecified atom stereocenters. The van der Waals surface area contributed by atoms with Crippen LogP contribution < -0.4 is 4.90 Å². The van der Waals surface area contributed by atoms with Crippen molar-refractivity contribution in [2.24, 2.45) is 0 Å². The van der Waals surface area contributed by atoms with E-state index in [2.05, 4.69) is 0 Å². The van der Waals surface area contributed by atoms with Crippen LogP contribution in [0, 0.1) is 5.82 Å². The third-order valence-corrected chi connectivity index (χ3v) is 4.35. The predicted molar refractivity (Wildman–Crippen MR) is 90.2 cm³/mol. The smallest absolute Gasteiger partial charge is 0.270 e. The lowest BCUT2D eigenvalue weighted by atomic mass is 10.2. The van der Waals surface area contributed by atoms with Gasteiger partial charge in [-0.2, -0.15) is 0 Å². The van der Waals surface area contributed by atoms with Crippen LogP contribution in [0.2, 0.25) is 0 Å². The Balaban J connectivity index is 1.93. The first-order valence-corrected chi connectivity index (χ1v) is 7.59. The molecule has 1 heterocycles. The molecule has 0 aromatic heterocycles. The number of carbonyl (C=O) groups excluding carboxylic acids is 1. The first-order valence-electron chi connectivity index (χ1n) is 6.37. The van der Waals surface area contributed by atoms with Crippen molar-refractivity contribution in [2.75, 3.05) is 4.90 Å². The monoisotopic (exact) mass is 331 g/mol. The topological polar surface area (TPSA) is 40.5 Å². The van der Waals surface area contributed by atoms with Crippen molar-refractivity contribution < 1.29 is 14.3 Å². The molecule has 1 fully saturated rings. The summed E-state index contributed by atoms with van der Waals surface area (Å²) in [6.45, 7) is 0. The summed E-state index contributed by atoms with van der Waals surface area (Å²) in [5.41, 5.74) is 1.24. The van der Waals surface area contributed by atoms with Gasteiger partial charge in [0.25, 0.3) is 5.91 Å². The van der Waals surface area contributed by atoms with E-state index >= 15 is 0 Å². The van der Waals surface area contributed by atoms with Gasteiger partial charge in [0.05, 0.1) is 10.6 Å². The van der Waals surface area contributed by atoms with Crippen molar-refractivity contribution in [3.63, 3.8) is 0 Å². The number of amides is 1. The Hall–Kier alpha value is -2.18. The van der Waals surface area contributed by atoms with Crippen molar-refractivity contribution in [3.05, 3.63) is 64.8 Å². The lowest BCUT2D eigenvalue weighted by Gasteiger charge is -2.14. The van der Waals surface area contributed by atoms with Crippen molar-refractivity contribution in [3.8, 4) is 5.75 Å². The second-order valence-electron chi connectivity index (χ2n) is 4.59. The molecule has 3 nitrogen and oxygen atoms in total. The highest BCUT2D eigenvalue weighted by Gasteiger charge is 2.33. The van der Waals surface area contributed by atoms with E-state index in [1.54, 1.807) is 30.3 Å². The molecule has 1 aliphatic heterocycles. The van der Waals surface area contributed by atoms with Gasteiger partial charge in [0.1, 0.15) is 11.6 Å². The summed E-state index contributed by atoms with van der Waals surface area (Å²) in [7, 11) is 0. The lowest BCUT2D eigenvalue weighted by Crippen LogP contribution is -2.27. The predicted octanol–water partition coefficient (Wildman–Crippen LogP) is 3.94. The van der Waals surface area contributed by atoms with E-state index in [0.717, 1.165) is 5.56 Å². The number of phenols is 1. The molecule has 0 atom stereocenters. The number of hydrogen-bond donors (Lipinski definition) is 1. The number of hydrogen-bond acceptors (Lipinski definition) is 4. The van der Waals surface area contributed by atoms with E-state index in [9.17, 15) is 14.3 Å². The minimum atomic E-state index is -0.329. The number of anilines is 1. The van der Waals surface area contributed by atoms with Crippen molar-refractivity contribution in [1.82, 2.24) is 0 Å². The van der Waals surface area contributed by atoms with Gasteiger partial charge in [0, 0.05) is 6.07 Å². The highest BCUT2D eigenvalue weighted by Crippen LogP contribution is 2.36. The van der Waals surface area contributed by atoms with Crippen LogP contribution in [-0.4, -0.2) is 15.3 Å². The van der Waals surface area contributed by atoms with Gasteiger partial charge in [-0.3, -0.25) is 9.69 Å². The van der Waals surface area contributed by atoms with E-state index in [1.165, 1.54) is 40.9 Å². The second-order valence-corrected chi connectivity index (χ2v) is 6.26. The van der Waals surface area contributed by atoms with E-state index in [1.807, 2.05) is 0 Å². The fourth-order valence-corrected chi connectivity index (χ4v) is 3.33. The van der Waals surface area contributed by atoms with Gasteiger partial charge in [-0.05, 0) is 35.9 Å². The average molecular weight is 331 g/mol. The average Bonchev–Trinajstić information content (AvgIpc) is 2.76. The fraction of sp³-hybridized carbons (Fsp3) is 0. The highest BCUT2D eigenvalue weighted by molar-refractivity contribution is 8.27. The van der Waals surface area contributed by atoms with Gasteiger partial charge in [-0.15, -0.1) is 0 Å². The Morgan fingerprint density at radius 1 is 1.18 bits per heavy atom. The third kappa shape index (κ3) is 2.88. The van der Waals surface area contributed by atoms with E-state index in [-0.39, 0.29) is 17.5 Å². The maximum absolute atomic E-state index is 12.9. The molecule has 1 saturated heterocycles. The van der Waals surface area contributed by atoms with Gasteiger partial charge in [-0.1, -0.05) is 42.2 Å². The Morgan fingerprint density at radius 3 is 2.59 bits per heavy atom. The number of thioether (sulfide) groups is 1. The molecule has 110 valence electrons. The Labute approximate surface area is 136 Å². The Morgan fingerprint density at radius 2 is 1.91 bits per heavy atom. The zero-order chi connectivity index (χ0) is 15.7. The van der Waals surface area contributed by atoms with Gasteiger partial charge < -0.3 is 5.11 Å². The van der Waals surface area contributed by atoms with Crippen LogP contribution in [0.15, 0.2) is 53.4 Å². The molecule has 3 rings (SSSR count). The quantitative estimate of drug-likeness (QED) is 0.668. The van der Waals surface area contributed by atoms with Crippen molar-refractivity contribution >= 4 is 46.0 Å². The van der Waals surface area contributed by atoms with Gasteiger partial charge >= 0.3 is 0 Å². The molecule has 2 aromatic rings. The molecule has 2 aromatic carbocycles. The number of carbonyl (C=O) groups is 1. The first kappa shape index (κ1) is 14.7. The summed E-state index contributed by atoms with van der Waals surface area (Å²) >= 11 is 6.42. The zero-order valence-electron chi connectivity index (χ0n) is 11.2. The normalized spacial score (nSPS) is 16.6. The van der Waals surface area contributed by atoms with Gasteiger partial charge in [0.2, 0.25) is 0 Å². The molecule has 0 saturated carbocycles. The first-order chi connectivity index (χ1) is 10.5. The molecular formula is C16H10FNO2S2. The Kier molecular flexibility index (Phi) is 3.96. The lowest BCUT2D eigenvalue weighted by molar-refractivity contribution is -0.113. The molecule has 6 heteroatoms. The number of thiocarbonyl (C=S) groups is 1. The molecular weight excluding hydrogens is 321 g/mol. The SMILES string of the molecule is O=C1/C(=C\c2ccc(F)cc2)SC(=S)N1c1cccc(O)c1. The zero-order valence-corrected chi connectivity index (χ0v) is 12.8. The molecule has 22 heavy (non-hydrogen) atoms. The summed E-state index contributed by atoms with van der Waals surface area (Å²) in [6.07, 6.45) is 1.67. The minimum Gasteiger partial charge on any atom is -0.508 e. The van der Waals surface area contributed by atoms with Crippen LogP contribution in [0.25, 0.3) is 6.08 Å². The summed E-state index contributed by atoms with van der Waals surface area (Å²) in [5, 5.41) is 9.53. The number of aromatic hydroxyl groups is 1. The number of phenolic OH excluding ortho intramolecular Hbond substituents is 1.